The number of hydrogen-bond donors (Lipinski definition) is 1. The Morgan fingerprint density at radius 3 is 2.42 bits per heavy atom. The van der Waals surface area contributed by atoms with Crippen molar-refractivity contribution < 1.29 is 9.53 Å². The van der Waals surface area contributed by atoms with Gasteiger partial charge in [0.2, 0.25) is 0 Å². The van der Waals surface area contributed by atoms with Gasteiger partial charge in [-0.3, -0.25) is 0 Å². The fourth-order valence-corrected chi connectivity index (χ4v) is 3.00. The maximum atomic E-state index is 11.7. The maximum absolute atomic E-state index is 11.7. The number of nitrogen functional groups attached to an aromatic ring is 1. The van der Waals surface area contributed by atoms with Gasteiger partial charge in [0.15, 0.2) is 5.69 Å². The second-order valence-corrected chi connectivity index (χ2v) is 5.64. The van der Waals surface area contributed by atoms with Crippen LogP contribution in [0.2, 0.25) is 0 Å². The third-order valence-corrected chi connectivity index (χ3v) is 4.22. The zero-order valence-electron chi connectivity index (χ0n) is 11.6. The van der Waals surface area contributed by atoms with Gasteiger partial charge in [-0.25, -0.2) is 9.78 Å². The lowest BCUT2D eigenvalue weighted by Gasteiger charge is -2.21. The van der Waals surface area contributed by atoms with Crippen LogP contribution >= 0.6 is 0 Å². The van der Waals surface area contributed by atoms with Gasteiger partial charge in [-0.15, -0.1) is 0 Å². The highest BCUT2D eigenvalue weighted by atomic mass is 16.5. The van der Waals surface area contributed by atoms with E-state index in [-0.39, 0.29) is 5.69 Å². The van der Waals surface area contributed by atoms with E-state index in [4.69, 9.17) is 10.5 Å². The molecule has 0 aromatic carbocycles. The summed E-state index contributed by atoms with van der Waals surface area (Å²) in [7, 11) is 1.37. The van der Waals surface area contributed by atoms with E-state index in [9.17, 15) is 4.79 Å². The minimum absolute atomic E-state index is 0.283. The average Bonchev–Trinajstić information content (AvgIpc) is 3.30. The van der Waals surface area contributed by atoms with Crippen molar-refractivity contribution in [3.05, 3.63) is 11.5 Å². The van der Waals surface area contributed by atoms with E-state index in [1.165, 1.54) is 32.8 Å². The number of esters is 1. The van der Waals surface area contributed by atoms with Crippen molar-refractivity contribution >= 4 is 11.8 Å². The molecule has 0 bridgehead atoms. The van der Waals surface area contributed by atoms with Crippen molar-refractivity contribution in [3.8, 4) is 0 Å². The predicted octanol–water partition coefficient (Wildman–Crippen LogP) is 2.18. The van der Waals surface area contributed by atoms with E-state index in [0.717, 1.165) is 24.1 Å². The summed E-state index contributed by atoms with van der Waals surface area (Å²) in [6.07, 6.45) is 5.88. The molecule has 0 unspecified atom stereocenters. The van der Waals surface area contributed by atoms with Crippen molar-refractivity contribution in [1.29, 1.82) is 0 Å². The lowest BCUT2D eigenvalue weighted by Crippen LogP contribution is -2.18. The lowest BCUT2D eigenvalue weighted by atomic mass is 10.1. The van der Waals surface area contributed by atoms with Crippen LogP contribution < -0.4 is 5.73 Å². The number of hydrogen-bond acceptors (Lipinski definition) is 4. The quantitative estimate of drug-likeness (QED) is 0.827. The van der Waals surface area contributed by atoms with Crippen LogP contribution in [0, 0.1) is 11.8 Å². The highest BCUT2D eigenvalue weighted by Gasteiger charge is 2.44. The number of aromatic nitrogens is 2. The van der Waals surface area contributed by atoms with Gasteiger partial charge in [-0.1, -0.05) is 6.92 Å². The topological polar surface area (TPSA) is 70.1 Å². The summed E-state index contributed by atoms with van der Waals surface area (Å²) in [5.74, 6) is 2.42. The van der Waals surface area contributed by atoms with Crippen molar-refractivity contribution in [1.82, 2.24) is 9.55 Å². The van der Waals surface area contributed by atoms with Crippen molar-refractivity contribution in [2.24, 2.45) is 11.8 Å². The van der Waals surface area contributed by atoms with Gasteiger partial charge in [0.05, 0.1) is 7.11 Å². The average molecular weight is 263 g/mol. The molecule has 0 atom stereocenters. The Morgan fingerprint density at radius 1 is 1.42 bits per heavy atom. The summed E-state index contributed by atoms with van der Waals surface area (Å²) in [5.41, 5.74) is 6.47. The summed E-state index contributed by atoms with van der Waals surface area (Å²) >= 11 is 0. The van der Waals surface area contributed by atoms with Gasteiger partial charge >= 0.3 is 5.97 Å². The number of methoxy groups -OCH3 is 1. The normalized spacial score (nSPS) is 18.9. The second kappa shape index (κ2) is 4.54. The van der Waals surface area contributed by atoms with Gasteiger partial charge in [0.25, 0.3) is 0 Å². The first kappa shape index (κ1) is 12.5. The molecule has 5 heteroatoms. The summed E-state index contributed by atoms with van der Waals surface area (Å²) in [6, 6.07) is 0.445. The van der Waals surface area contributed by atoms with E-state index >= 15 is 0 Å². The number of aryl methyl sites for hydroxylation is 1. The number of anilines is 1. The number of imidazole rings is 1. The van der Waals surface area contributed by atoms with Gasteiger partial charge in [-0.2, -0.15) is 0 Å². The van der Waals surface area contributed by atoms with Crippen molar-refractivity contribution in [3.63, 3.8) is 0 Å². The molecule has 0 aliphatic heterocycles. The molecule has 3 rings (SSSR count). The third kappa shape index (κ3) is 2.11. The standard InChI is InChI=1S/C14H21N3O2/c1-3-10-16-11(14(18)19-2)13(15)17(10)12(8-4-5-8)9-6-7-9/h8-9,12H,3-7,15H2,1-2H3. The van der Waals surface area contributed by atoms with Crippen LogP contribution in [-0.4, -0.2) is 22.6 Å². The monoisotopic (exact) mass is 263 g/mol. The molecule has 0 amide bonds. The maximum Gasteiger partial charge on any atom is 0.360 e. The lowest BCUT2D eigenvalue weighted by molar-refractivity contribution is 0.0595. The Morgan fingerprint density at radius 2 is 2.00 bits per heavy atom. The molecule has 2 saturated carbocycles. The van der Waals surface area contributed by atoms with Gasteiger partial charge in [-0.05, 0) is 37.5 Å². The van der Waals surface area contributed by atoms with Crippen molar-refractivity contribution in [2.45, 2.75) is 45.1 Å². The Bertz CT molecular complexity index is 489. The second-order valence-electron chi connectivity index (χ2n) is 5.64. The molecule has 2 aliphatic carbocycles. The molecule has 19 heavy (non-hydrogen) atoms. The molecule has 1 aromatic rings. The van der Waals surface area contributed by atoms with Crippen LogP contribution in [0.1, 0.15) is 55.0 Å². The highest BCUT2D eigenvalue weighted by molar-refractivity contribution is 5.92. The van der Waals surface area contributed by atoms with E-state index in [1.807, 2.05) is 0 Å². The molecule has 2 fully saturated rings. The minimum atomic E-state index is -0.434. The summed E-state index contributed by atoms with van der Waals surface area (Å²) in [5, 5.41) is 0. The Kier molecular flexibility index (Phi) is 2.99. The Labute approximate surface area is 113 Å². The fraction of sp³-hybridized carbons (Fsp3) is 0.714. The number of nitrogens with zero attached hydrogens (tertiary/aromatic N) is 2. The number of ether oxygens (including phenoxy) is 1. The molecule has 0 spiro atoms. The number of rotatable bonds is 5. The van der Waals surface area contributed by atoms with Crippen LogP contribution in [0.5, 0.6) is 0 Å². The fourth-order valence-electron chi connectivity index (χ4n) is 3.00. The zero-order valence-corrected chi connectivity index (χ0v) is 11.6. The molecular formula is C14H21N3O2. The first-order valence-electron chi connectivity index (χ1n) is 7.12. The molecule has 5 nitrogen and oxygen atoms in total. The van der Waals surface area contributed by atoms with E-state index in [2.05, 4.69) is 16.5 Å². The first-order chi connectivity index (χ1) is 9.17. The third-order valence-electron chi connectivity index (χ3n) is 4.22. The zero-order chi connectivity index (χ0) is 13.6. The number of carbonyl (C=O) groups is 1. The van der Waals surface area contributed by atoms with Crippen LogP contribution in [-0.2, 0) is 11.2 Å². The van der Waals surface area contributed by atoms with Crippen LogP contribution in [0.25, 0.3) is 0 Å². The van der Waals surface area contributed by atoms with Crippen LogP contribution in [0.3, 0.4) is 0 Å². The Hall–Kier alpha value is -1.52. The van der Waals surface area contributed by atoms with Crippen LogP contribution in [0.4, 0.5) is 5.82 Å². The summed E-state index contributed by atoms with van der Waals surface area (Å²) in [6.45, 7) is 2.05. The summed E-state index contributed by atoms with van der Waals surface area (Å²) in [4.78, 5) is 16.1. The highest BCUT2D eigenvalue weighted by Crippen LogP contribution is 2.53. The predicted molar refractivity (Wildman–Crippen MR) is 71.8 cm³/mol. The van der Waals surface area contributed by atoms with Gasteiger partial charge in [0.1, 0.15) is 11.6 Å². The smallest absolute Gasteiger partial charge is 0.360 e. The van der Waals surface area contributed by atoms with E-state index < -0.39 is 5.97 Å². The van der Waals surface area contributed by atoms with Gasteiger partial charge in [0, 0.05) is 12.5 Å². The molecule has 2 N–H and O–H groups in total. The number of carbonyl (C=O) groups excluding carboxylic acids is 1. The molecule has 104 valence electrons. The van der Waals surface area contributed by atoms with E-state index in [1.54, 1.807) is 0 Å². The molecule has 1 aromatic heterocycles. The SMILES string of the molecule is CCc1nc(C(=O)OC)c(N)n1C(C1CC1)C1CC1. The molecule has 0 radical (unpaired) electrons. The largest absolute Gasteiger partial charge is 0.464 e. The summed E-state index contributed by atoms with van der Waals surface area (Å²) < 4.78 is 6.89. The van der Waals surface area contributed by atoms with Crippen molar-refractivity contribution in [2.75, 3.05) is 12.8 Å². The van der Waals surface area contributed by atoms with E-state index in [0.29, 0.717) is 11.9 Å². The Balaban J connectivity index is 2.02. The van der Waals surface area contributed by atoms with Gasteiger partial charge < -0.3 is 15.0 Å². The first-order valence-corrected chi connectivity index (χ1v) is 7.12. The molecule has 2 aliphatic rings. The van der Waals surface area contributed by atoms with Crippen LogP contribution in [0.15, 0.2) is 0 Å². The molecule has 1 heterocycles. The molecule has 0 saturated heterocycles. The molecular weight excluding hydrogens is 242 g/mol. The number of nitrogens with two attached hydrogens (primary N) is 1. The minimum Gasteiger partial charge on any atom is -0.464 e.